The normalized spacial score (nSPS) is 16.9. The SMILES string of the molecule is CS(=O)(=O)N(CC(=O)NC1CCCCCCC1)Cc1ccc(Cl)c(Cl)c1. The molecule has 0 unspecified atom stereocenters. The summed E-state index contributed by atoms with van der Waals surface area (Å²) in [7, 11) is -3.54. The number of halogens is 2. The first-order valence-electron chi connectivity index (χ1n) is 8.94. The van der Waals surface area contributed by atoms with E-state index in [0.717, 1.165) is 36.2 Å². The van der Waals surface area contributed by atoms with Gasteiger partial charge in [-0.3, -0.25) is 4.79 Å². The van der Waals surface area contributed by atoms with Crippen molar-refractivity contribution in [1.82, 2.24) is 9.62 Å². The van der Waals surface area contributed by atoms with Crippen LogP contribution in [0.1, 0.15) is 50.5 Å². The van der Waals surface area contributed by atoms with Crippen molar-refractivity contribution in [3.8, 4) is 0 Å². The highest BCUT2D eigenvalue weighted by molar-refractivity contribution is 7.88. The van der Waals surface area contributed by atoms with Crippen LogP contribution in [0.5, 0.6) is 0 Å². The molecule has 0 aromatic heterocycles. The molecule has 1 aliphatic rings. The van der Waals surface area contributed by atoms with Gasteiger partial charge >= 0.3 is 0 Å². The van der Waals surface area contributed by atoms with Gasteiger partial charge in [-0.25, -0.2) is 8.42 Å². The van der Waals surface area contributed by atoms with Crippen LogP contribution in [0, 0.1) is 0 Å². The predicted molar refractivity (Wildman–Crippen MR) is 106 cm³/mol. The number of carbonyl (C=O) groups is 1. The third-order valence-corrected chi connectivity index (χ3v) is 6.54. The second kappa shape index (κ2) is 9.93. The van der Waals surface area contributed by atoms with Crippen molar-refractivity contribution >= 4 is 39.1 Å². The molecular weight excluding hydrogens is 395 g/mol. The van der Waals surface area contributed by atoms with Gasteiger partial charge in [0, 0.05) is 12.6 Å². The Morgan fingerprint density at radius 2 is 1.73 bits per heavy atom. The van der Waals surface area contributed by atoms with Crippen molar-refractivity contribution in [3.63, 3.8) is 0 Å². The Morgan fingerprint density at radius 3 is 2.31 bits per heavy atom. The van der Waals surface area contributed by atoms with Crippen LogP contribution < -0.4 is 5.32 Å². The fraction of sp³-hybridized carbons (Fsp3) is 0.611. The first-order valence-corrected chi connectivity index (χ1v) is 11.5. The highest BCUT2D eigenvalue weighted by Crippen LogP contribution is 2.23. The molecule has 1 aromatic carbocycles. The van der Waals surface area contributed by atoms with E-state index < -0.39 is 10.0 Å². The van der Waals surface area contributed by atoms with E-state index >= 15 is 0 Å². The Bertz CT molecular complexity index is 717. The number of sulfonamides is 1. The Hall–Kier alpha value is -0.820. The molecule has 5 nitrogen and oxygen atoms in total. The third-order valence-electron chi connectivity index (χ3n) is 4.60. The van der Waals surface area contributed by atoms with E-state index in [2.05, 4.69) is 5.32 Å². The zero-order valence-corrected chi connectivity index (χ0v) is 17.3. The monoisotopic (exact) mass is 420 g/mol. The van der Waals surface area contributed by atoms with E-state index in [-0.39, 0.29) is 25.0 Å². The van der Waals surface area contributed by atoms with Crippen LogP contribution in [-0.2, 0) is 21.4 Å². The largest absolute Gasteiger partial charge is 0.352 e. The molecule has 0 spiro atoms. The van der Waals surface area contributed by atoms with E-state index in [4.69, 9.17) is 23.2 Å². The summed E-state index contributed by atoms with van der Waals surface area (Å²) in [5, 5.41) is 3.77. The topological polar surface area (TPSA) is 66.5 Å². The number of carbonyl (C=O) groups excluding carboxylic acids is 1. The van der Waals surface area contributed by atoms with E-state index in [0.29, 0.717) is 15.6 Å². The molecular formula is C18H26Cl2N2O3S. The van der Waals surface area contributed by atoms with Gasteiger partial charge in [-0.05, 0) is 30.5 Å². The van der Waals surface area contributed by atoms with Gasteiger partial charge in [-0.2, -0.15) is 4.31 Å². The molecule has 1 fully saturated rings. The summed E-state index contributed by atoms with van der Waals surface area (Å²) in [6.45, 7) is -0.122. The van der Waals surface area contributed by atoms with Gasteiger partial charge in [0.2, 0.25) is 15.9 Å². The average Bonchev–Trinajstić information content (AvgIpc) is 2.52. The molecule has 0 radical (unpaired) electrons. The van der Waals surface area contributed by atoms with Crippen molar-refractivity contribution < 1.29 is 13.2 Å². The number of nitrogens with zero attached hydrogens (tertiary/aromatic N) is 1. The van der Waals surface area contributed by atoms with E-state index in [1.54, 1.807) is 18.2 Å². The van der Waals surface area contributed by atoms with Gasteiger partial charge in [-0.15, -0.1) is 0 Å². The van der Waals surface area contributed by atoms with Crippen molar-refractivity contribution in [2.75, 3.05) is 12.8 Å². The number of rotatable bonds is 6. The average molecular weight is 421 g/mol. The minimum Gasteiger partial charge on any atom is -0.352 e. The maximum Gasteiger partial charge on any atom is 0.235 e. The molecule has 0 saturated heterocycles. The summed E-state index contributed by atoms with van der Waals surface area (Å²) in [6.07, 6.45) is 8.86. The molecule has 1 saturated carbocycles. The predicted octanol–water partition coefficient (Wildman–Crippen LogP) is 3.98. The van der Waals surface area contributed by atoms with Crippen molar-refractivity contribution in [2.45, 2.75) is 57.5 Å². The first kappa shape index (κ1) is 21.5. The highest BCUT2D eigenvalue weighted by Gasteiger charge is 2.22. The Labute approximate surface area is 166 Å². The lowest BCUT2D eigenvalue weighted by molar-refractivity contribution is -0.122. The zero-order valence-electron chi connectivity index (χ0n) is 15.0. The highest BCUT2D eigenvalue weighted by atomic mass is 35.5. The minimum absolute atomic E-state index is 0.0772. The smallest absolute Gasteiger partial charge is 0.235 e. The Morgan fingerprint density at radius 1 is 1.12 bits per heavy atom. The van der Waals surface area contributed by atoms with Gasteiger partial charge in [0.1, 0.15) is 0 Å². The summed E-state index contributed by atoms with van der Waals surface area (Å²) in [5.74, 6) is -0.263. The van der Waals surface area contributed by atoms with E-state index in [9.17, 15) is 13.2 Å². The second-order valence-corrected chi connectivity index (χ2v) is 9.69. The van der Waals surface area contributed by atoms with Crippen molar-refractivity contribution in [2.24, 2.45) is 0 Å². The fourth-order valence-electron chi connectivity index (χ4n) is 3.17. The van der Waals surface area contributed by atoms with Crippen molar-refractivity contribution in [3.05, 3.63) is 33.8 Å². The lowest BCUT2D eigenvalue weighted by Crippen LogP contribution is -2.43. The van der Waals surface area contributed by atoms with Crippen LogP contribution in [0.15, 0.2) is 18.2 Å². The Balaban J connectivity index is 2.00. The van der Waals surface area contributed by atoms with Crippen LogP contribution in [0.4, 0.5) is 0 Å². The molecule has 8 heteroatoms. The van der Waals surface area contributed by atoms with Crippen LogP contribution in [-0.4, -0.2) is 37.5 Å². The first-order chi connectivity index (χ1) is 12.3. The molecule has 1 amide bonds. The molecule has 0 bridgehead atoms. The summed E-state index contributed by atoms with van der Waals surface area (Å²) >= 11 is 11.9. The van der Waals surface area contributed by atoms with E-state index in [1.807, 2.05) is 0 Å². The number of amides is 1. The number of benzene rings is 1. The maximum atomic E-state index is 12.4. The molecule has 1 N–H and O–H groups in total. The molecule has 0 atom stereocenters. The quantitative estimate of drug-likeness (QED) is 0.756. The molecule has 2 rings (SSSR count). The zero-order chi connectivity index (χ0) is 19.2. The van der Waals surface area contributed by atoms with Gasteiger partial charge in [0.15, 0.2) is 0 Å². The van der Waals surface area contributed by atoms with Crippen LogP contribution in [0.3, 0.4) is 0 Å². The maximum absolute atomic E-state index is 12.4. The molecule has 0 heterocycles. The lowest BCUT2D eigenvalue weighted by Gasteiger charge is -2.24. The lowest BCUT2D eigenvalue weighted by atomic mass is 9.97. The van der Waals surface area contributed by atoms with E-state index in [1.165, 1.54) is 19.3 Å². The molecule has 26 heavy (non-hydrogen) atoms. The number of hydrogen-bond donors (Lipinski definition) is 1. The van der Waals surface area contributed by atoms with Crippen LogP contribution >= 0.6 is 23.2 Å². The Kier molecular flexibility index (Phi) is 8.20. The van der Waals surface area contributed by atoms with Gasteiger partial charge < -0.3 is 5.32 Å². The van der Waals surface area contributed by atoms with Crippen LogP contribution in [0.2, 0.25) is 10.0 Å². The molecule has 1 aromatic rings. The van der Waals surface area contributed by atoms with Crippen molar-refractivity contribution in [1.29, 1.82) is 0 Å². The fourth-order valence-corrected chi connectivity index (χ4v) is 4.22. The molecule has 0 aliphatic heterocycles. The summed E-state index contributed by atoms with van der Waals surface area (Å²) < 4.78 is 25.4. The summed E-state index contributed by atoms with van der Waals surface area (Å²) in [6, 6.07) is 5.08. The molecule has 146 valence electrons. The minimum atomic E-state index is -3.54. The third kappa shape index (κ3) is 7.06. The second-order valence-electron chi connectivity index (χ2n) is 6.89. The standard InChI is InChI=1S/C18H26Cl2N2O3S/c1-26(24,25)22(12-14-9-10-16(19)17(20)11-14)13-18(23)21-15-7-5-3-2-4-6-8-15/h9-11,15H,2-8,12-13H2,1H3,(H,21,23). The van der Waals surface area contributed by atoms with Gasteiger partial charge in [-0.1, -0.05) is 61.4 Å². The summed E-state index contributed by atoms with van der Waals surface area (Å²) in [5.41, 5.74) is 0.684. The van der Waals surface area contributed by atoms with Crippen LogP contribution in [0.25, 0.3) is 0 Å². The summed E-state index contributed by atoms with van der Waals surface area (Å²) in [4.78, 5) is 12.4. The molecule has 1 aliphatic carbocycles. The van der Waals surface area contributed by atoms with Gasteiger partial charge in [0.25, 0.3) is 0 Å². The van der Waals surface area contributed by atoms with Gasteiger partial charge in [0.05, 0.1) is 22.8 Å². The number of hydrogen-bond acceptors (Lipinski definition) is 3. The number of nitrogens with one attached hydrogen (secondary N) is 1.